The molecule has 0 radical (unpaired) electrons. The summed E-state index contributed by atoms with van der Waals surface area (Å²) in [6.45, 7) is 10.5. The molecule has 0 aliphatic carbocycles. The van der Waals surface area contributed by atoms with E-state index in [-0.39, 0.29) is 0 Å². The van der Waals surface area contributed by atoms with Crippen LogP contribution in [-0.2, 0) is 22.6 Å². The molecule has 0 saturated carbocycles. The van der Waals surface area contributed by atoms with Crippen molar-refractivity contribution in [3.8, 4) is 0 Å². The Kier molecular flexibility index (Phi) is 18.4. The number of rotatable bonds is 22. The Bertz CT molecular complexity index is 409. The zero-order valence-electron chi connectivity index (χ0n) is 19.6. The third-order valence-corrected chi connectivity index (χ3v) is 5.44. The minimum Gasteiger partial charge on any atom is -0.381 e. The second-order valence-electron chi connectivity index (χ2n) is 8.36. The fraction of sp³-hybridized carbons (Fsp3) is 0.880. The highest BCUT2D eigenvalue weighted by Crippen LogP contribution is 2.03. The maximum atomic E-state index is 5.72. The number of aromatic nitrogens is 2. The highest BCUT2D eigenvalue weighted by atomic mass is 16.5. The van der Waals surface area contributed by atoms with Crippen LogP contribution in [0, 0.1) is 0 Å². The van der Waals surface area contributed by atoms with Gasteiger partial charge in [-0.15, -0.1) is 0 Å². The summed E-state index contributed by atoms with van der Waals surface area (Å²) in [6.07, 6.45) is 24.4. The fourth-order valence-electron chi connectivity index (χ4n) is 3.52. The Labute approximate surface area is 181 Å². The smallest absolute Gasteiger partial charge is 0.243 e. The first-order valence-corrected chi connectivity index (χ1v) is 12.6. The monoisotopic (exact) mass is 409 g/mol. The maximum Gasteiger partial charge on any atom is 0.243 e. The van der Waals surface area contributed by atoms with Crippen LogP contribution in [0.1, 0.15) is 104 Å². The molecule has 0 amide bonds. The van der Waals surface area contributed by atoms with E-state index in [0.717, 1.165) is 39.5 Å². The zero-order valence-corrected chi connectivity index (χ0v) is 19.6. The second kappa shape index (κ2) is 20.4. The Balaban J connectivity index is 1.88. The second-order valence-corrected chi connectivity index (χ2v) is 8.36. The molecule has 170 valence electrons. The summed E-state index contributed by atoms with van der Waals surface area (Å²) in [7, 11) is 0. The Morgan fingerprint density at radius 3 is 1.69 bits per heavy atom. The van der Waals surface area contributed by atoms with Crippen molar-refractivity contribution < 1.29 is 14.0 Å². The van der Waals surface area contributed by atoms with E-state index in [2.05, 4.69) is 41.7 Å². The molecule has 1 aromatic rings. The molecule has 0 aliphatic rings. The van der Waals surface area contributed by atoms with Crippen LogP contribution in [0.3, 0.4) is 0 Å². The first-order valence-electron chi connectivity index (χ1n) is 12.6. The lowest BCUT2D eigenvalue weighted by molar-refractivity contribution is -0.696. The molecule has 4 nitrogen and oxygen atoms in total. The summed E-state index contributed by atoms with van der Waals surface area (Å²) < 4.78 is 16.1. The molecule has 0 aromatic carbocycles. The summed E-state index contributed by atoms with van der Waals surface area (Å²) in [5, 5.41) is 0. The summed E-state index contributed by atoms with van der Waals surface area (Å²) in [5.41, 5.74) is 0. The van der Waals surface area contributed by atoms with E-state index in [9.17, 15) is 0 Å². The van der Waals surface area contributed by atoms with Crippen LogP contribution in [0.15, 0.2) is 18.7 Å². The number of imidazole rings is 1. The molecule has 1 rings (SSSR count). The molecular formula is C25H49N2O2+. The van der Waals surface area contributed by atoms with Gasteiger partial charge in [-0.1, -0.05) is 52.4 Å². The van der Waals surface area contributed by atoms with E-state index in [1.165, 1.54) is 89.9 Å². The van der Waals surface area contributed by atoms with Gasteiger partial charge in [0.05, 0.1) is 13.1 Å². The van der Waals surface area contributed by atoms with Gasteiger partial charge in [-0.25, -0.2) is 9.13 Å². The Hall–Kier alpha value is -0.870. The van der Waals surface area contributed by atoms with Crippen molar-refractivity contribution in [2.75, 3.05) is 26.4 Å². The van der Waals surface area contributed by atoms with E-state index in [1.807, 2.05) is 0 Å². The van der Waals surface area contributed by atoms with E-state index < -0.39 is 0 Å². The van der Waals surface area contributed by atoms with Crippen LogP contribution in [0.5, 0.6) is 0 Å². The van der Waals surface area contributed by atoms with Crippen LogP contribution in [0.2, 0.25) is 0 Å². The quantitative estimate of drug-likeness (QED) is 0.166. The van der Waals surface area contributed by atoms with Gasteiger partial charge in [-0.3, -0.25) is 0 Å². The van der Waals surface area contributed by atoms with Crippen LogP contribution in [0.25, 0.3) is 0 Å². The number of aryl methyl sites for hydroxylation is 2. The minimum absolute atomic E-state index is 0.931. The van der Waals surface area contributed by atoms with E-state index in [4.69, 9.17) is 9.47 Å². The Morgan fingerprint density at radius 1 is 0.621 bits per heavy atom. The molecule has 29 heavy (non-hydrogen) atoms. The summed E-state index contributed by atoms with van der Waals surface area (Å²) in [5.74, 6) is 0. The van der Waals surface area contributed by atoms with Gasteiger partial charge >= 0.3 is 0 Å². The number of hydrogen-bond acceptors (Lipinski definition) is 2. The zero-order chi connectivity index (χ0) is 20.8. The average Bonchev–Trinajstić information content (AvgIpc) is 3.18. The SMILES string of the molecule is CCCCCCOCCCCCn1cc[n+](CCCCCOCCCCCC)c1. The molecule has 0 spiro atoms. The van der Waals surface area contributed by atoms with Crippen LogP contribution in [0.4, 0.5) is 0 Å². The molecule has 0 bridgehead atoms. The largest absolute Gasteiger partial charge is 0.381 e. The minimum atomic E-state index is 0.931. The maximum absolute atomic E-state index is 5.72. The standard InChI is InChI=1S/C25H49N2O2/c1-3-5-7-13-21-28-23-15-9-11-17-26-19-20-27(25-26)18-12-10-16-24-29-22-14-8-6-4-2/h19-20,25H,3-18,21-24H2,1-2H3/q+1. The van der Waals surface area contributed by atoms with Gasteiger partial charge in [0.1, 0.15) is 12.4 Å². The number of ether oxygens (including phenoxy) is 2. The number of hydrogen-bond donors (Lipinski definition) is 0. The summed E-state index contributed by atoms with van der Waals surface area (Å²) in [6, 6.07) is 0. The van der Waals surface area contributed by atoms with Gasteiger partial charge in [0.15, 0.2) is 0 Å². The van der Waals surface area contributed by atoms with Crippen molar-refractivity contribution in [2.24, 2.45) is 0 Å². The number of nitrogens with zero attached hydrogens (tertiary/aromatic N) is 2. The van der Waals surface area contributed by atoms with Crippen LogP contribution in [-0.4, -0.2) is 31.0 Å². The molecule has 0 fully saturated rings. The molecular weight excluding hydrogens is 360 g/mol. The molecule has 0 atom stereocenters. The van der Waals surface area contributed by atoms with Crippen molar-refractivity contribution >= 4 is 0 Å². The Morgan fingerprint density at radius 2 is 1.14 bits per heavy atom. The van der Waals surface area contributed by atoms with E-state index in [0.29, 0.717) is 0 Å². The molecule has 4 heteroatoms. The van der Waals surface area contributed by atoms with E-state index in [1.54, 1.807) is 0 Å². The molecule has 1 heterocycles. The lowest BCUT2D eigenvalue weighted by Gasteiger charge is -2.04. The summed E-state index contributed by atoms with van der Waals surface area (Å²) >= 11 is 0. The van der Waals surface area contributed by atoms with Crippen molar-refractivity contribution in [2.45, 2.75) is 117 Å². The molecule has 0 aliphatic heterocycles. The van der Waals surface area contributed by atoms with Crippen molar-refractivity contribution in [1.82, 2.24) is 4.57 Å². The molecule has 0 N–H and O–H groups in total. The average molecular weight is 410 g/mol. The van der Waals surface area contributed by atoms with Gasteiger partial charge in [0.25, 0.3) is 0 Å². The molecule has 0 saturated heterocycles. The fourth-order valence-corrected chi connectivity index (χ4v) is 3.52. The van der Waals surface area contributed by atoms with Crippen molar-refractivity contribution in [1.29, 1.82) is 0 Å². The molecule has 0 unspecified atom stereocenters. The predicted octanol–water partition coefficient (Wildman–Crippen LogP) is 6.31. The highest BCUT2D eigenvalue weighted by Gasteiger charge is 2.03. The van der Waals surface area contributed by atoms with Crippen LogP contribution < -0.4 is 4.57 Å². The molecule has 1 aromatic heterocycles. The van der Waals surface area contributed by atoms with Crippen molar-refractivity contribution in [3.05, 3.63) is 18.7 Å². The van der Waals surface area contributed by atoms with E-state index >= 15 is 0 Å². The van der Waals surface area contributed by atoms with Gasteiger partial charge < -0.3 is 9.47 Å². The third kappa shape index (κ3) is 16.6. The third-order valence-electron chi connectivity index (χ3n) is 5.44. The predicted molar refractivity (Wildman–Crippen MR) is 122 cm³/mol. The lowest BCUT2D eigenvalue weighted by Crippen LogP contribution is -2.30. The first kappa shape index (κ1) is 26.2. The highest BCUT2D eigenvalue weighted by molar-refractivity contribution is 4.66. The van der Waals surface area contributed by atoms with Gasteiger partial charge in [-0.2, -0.15) is 0 Å². The lowest BCUT2D eigenvalue weighted by atomic mass is 10.2. The van der Waals surface area contributed by atoms with Gasteiger partial charge in [0.2, 0.25) is 6.33 Å². The van der Waals surface area contributed by atoms with Gasteiger partial charge in [0, 0.05) is 26.4 Å². The first-order chi connectivity index (χ1) is 14.4. The van der Waals surface area contributed by atoms with Gasteiger partial charge in [-0.05, 0) is 51.4 Å². The van der Waals surface area contributed by atoms with Crippen LogP contribution >= 0.6 is 0 Å². The normalized spacial score (nSPS) is 11.4. The summed E-state index contributed by atoms with van der Waals surface area (Å²) in [4.78, 5) is 0. The van der Waals surface area contributed by atoms with Crippen molar-refractivity contribution in [3.63, 3.8) is 0 Å². The number of unbranched alkanes of at least 4 members (excludes halogenated alkanes) is 10. The topological polar surface area (TPSA) is 27.3 Å².